The van der Waals surface area contributed by atoms with Gasteiger partial charge in [-0.15, -0.1) is 0 Å². The summed E-state index contributed by atoms with van der Waals surface area (Å²) in [6, 6.07) is 4.69. The van der Waals surface area contributed by atoms with E-state index in [4.69, 9.17) is 0 Å². The van der Waals surface area contributed by atoms with Gasteiger partial charge in [-0.25, -0.2) is 13.2 Å². The number of sulfonamides is 1. The van der Waals surface area contributed by atoms with Crippen molar-refractivity contribution in [3.63, 3.8) is 0 Å². The third-order valence-electron chi connectivity index (χ3n) is 4.76. The summed E-state index contributed by atoms with van der Waals surface area (Å²) in [5.74, 6) is -1.60. The van der Waals surface area contributed by atoms with Gasteiger partial charge >= 0.3 is 5.97 Å². The third-order valence-corrected chi connectivity index (χ3v) is 6.76. The van der Waals surface area contributed by atoms with Gasteiger partial charge in [0.15, 0.2) is 0 Å². The van der Waals surface area contributed by atoms with Gasteiger partial charge < -0.3 is 10.4 Å². The average molecular weight is 397 g/mol. The first kappa shape index (κ1) is 21.4. The minimum atomic E-state index is -3.69. The van der Waals surface area contributed by atoms with E-state index >= 15 is 0 Å². The van der Waals surface area contributed by atoms with Crippen LogP contribution in [0.3, 0.4) is 0 Å². The molecule has 0 saturated carbocycles. The number of carboxylic acids is 1. The highest BCUT2D eigenvalue weighted by molar-refractivity contribution is 7.89. The van der Waals surface area contributed by atoms with E-state index in [0.29, 0.717) is 13.0 Å². The Bertz CT molecular complexity index is 791. The molecule has 1 aliphatic heterocycles. The maximum Gasteiger partial charge on any atom is 0.326 e. The first-order chi connectivity index (χ1) is 12.6. The topological polar surface area (TPSA) is 104 Å². The third kappa shape index (κ3) is 5.29. The molecule has 1 aliphatic rings. The van der Waals surface area contributed by atoms with Gasteiger partial charge in [-0.2, -0.15) is 4.31 Å². The molecule has 0 radical (unpaired) electrons. The van der Waals surface area contributed by atoms with Crippen LogP contribution in [0, 0.1) is 5.92 Å². The van der Waals surface area contributed by atoms with Gasteiger partial charge in [0.05, 0.1) is 4.90 Å². The summed E-state index contributed by atoms with van der Waals surface area (Å²) < 4.78 is 27.4. The number of hydrogen-bond donors (Lipinski definition) is 2. The summed E-state index contributed by atoms with van der Waals surface area (Å²) in [5.41, 5.74) is 0.135. The van der Waals surface area contributed by atoms with E-state index in [1.807, 2.05) is 20.8 Å². The molecule has 1 fully saturated rings. The van der Waals surface area contributed by atoms with Crippen molar-refractivity contribution < 1.29 is 23.1 Å². The van der Waals surface area contributed by atoms with Crippen LogP contribution in [0.4, 0.5) is 0 Å². The summed E-state index contributed by atoms with van der Waals surface area (Å²) >= 11 is 0. The number of carboxylic acid groups (broad SMARTS) is 1. The van der Waals surface area contributed by atoms with Crippen molar-refractivity contribution in [3.8, 4) is 0 Å². The van der Waals surface area contributed by atoms with Crippen LogP contribution >= 0.6 is 0 Å². The maximum absolute atomic E-state index is 12.9. The number of nitrogens with zero attached hydrogens (tertiary/aromatic N) is 1. The standard InChI is InChI=1S/C19H28N2O5S/c1-13(2)11-17(19(23)24)20-18(22)15-8-6-9-16(12-15)27(25,26)21-10-5-4-7-14(21)3/h6,8-9,12-14,17H,4-5,7,10-11H2,1-3H3,(H,20,22)(H,23,24). The first-order valence-corrected chi connectivity index (χ1v) is 10.7. The Morgan fingerprint density at radius 2 is 2.00 bits per heavy atom. The summed E-state index contributed by atoms with van der Waals surface area (Å²) in [7, 11) is -3.69. The number of aliphatic carboxylic acids is 1. The number of piperidine rings is 1. The van der Waals surface area contributed by atoms with Gasteiger partial charge in [0.25, 0.3) is 5.91 Å². The fourth-order valence-electron chi connectivity index (χ4n) is 3.30. The van der Waals surface area contributed by atoms with Gasteiger partial charge in [-0.3, -0.25) is 4.79 Å². The van der Waals surface area contributed by atoms with E-state index in [9.17, 15) is 23.1 Å². The molecular weight excluding hydrogens is 368 g/mol. The van der Waals surface area contributed by atoms with Crippen molar-refractivity contribution in [2.45, 2.75) is 63.4 Å². The lowest BCUT2D eigenvalue weighted by atomic mass is 10.0. The van der Waals surface area contributed by atoms with Crippen LogP contribution in [0.15, 0.2) is 29.2 Å². The minimum Gasteiger partial charge on any atom is -0.480 e. The second kappa shape index (κ2) is 8.84. The monoisotopic (exact) mass is 396 g/mol. The van der Waals surface area contributed by atoms with E-state index in [1.165, 1.54) is 28.6 Å². The Morgan fingerprint density at radius 3 is 2.59 bits per heavy atom. The molecule has 7 nitrogen and oxygen atoms in total. The molecule has 0 aromatic heterocycles. The molecule has 0 spiro atoms. The number of nitrogens with one attached hydrogen (secondary N) is 1. The summed E-state index contributed by atoms with van der Waals surface area (Å²) in [5, 5.41) is 11.8. The lowest BCUT2D eigenvalue weighted by Gasteiger charge is -2.32. The largest absolute Gasteiger partial charge is 0.480 e. The van der Waals surface area contributed by atoms with Crippen molar-refractivity contribution in [1.29, 1.82) is 0 Å². The summed E-state index contributed by atoms with van der Waals surface area (Å²) in [4.78, 5) is 23.9. The van der Waals surface area contributed by atoms with Gasteiger partial charge in [0, 0.05) is 18.2 Å². The van der Waals surface area contributed by atoms with Crippen LogP contribution in [0.5, 0.6) is 0 Å². The normalized spacial score (nSPS) is 19.6. The second-order valence-corrected chi connectivity index (χ2v) is 9.37. The number of carbonyl (C=O) groups is 2. The van der Waals surface area contributed by atoms with Crippen LogP contribution in [-0.4, -0.2) is 48.3 Å². The number of carbonyl (C=O) groups excluding carboxylic acids is 1. The Kier molecular flexibility index (Phi) is 7.00. The zero-order valence-electron chi connectivity index (χ0n) is 16.0. The highest BCUT2D eigenvalue weighted by atomic mass is 32.2. The van der Waals surface area contributed by atoms with Gasteiger partial charge in [-0.1, -0.05) is 26.3 Å². The van der Waals surface area contributed by atoms with E-state index in [2.05, 4.69) is 5.32 Å². The molecule has 1 aromatic carbocycles. The van der Waals surface area contributed by atoms with Gasteiger partial charge in [0.1, 0.15) is 6.04 Å². The van der Waals surface area contributed by atoms with Crippen LogP contribution in [-0.2, 0) is 14.8 Å². The molecule has 1 amide bonds. The van der Waals surface area contributed by atoms with Crippen molar-refractivity contribution in [1.82, 2.24) is 9.62 Å². The smallest absolute Gasteiger partial charge is 0.326 e. The Morgan fingerprint density at radius 1 is 1.30 bits per heavy atom. The molecule has 150 valence electrons. The molecule has 1 saturated heterocycles. The fraction of sp³-hybridized carbons (Fsp3) is 0.579. The quantitative estimate of drug-likeness (QED) is 0.737. The first-order valence-electron chi connectivity index (χ1n) is 9.28. The number of benzene rings is 1. The minimum absolute atomic E-state index is 0.0552. The van der Waals surface area contributed by atoms with Crippen molar-refractivity contribution in [2.24, 2.45) is 5.92 Å². The molecule has 2 N–H and O–H groups in total. The molecule has 0 aliphatic carbocycles. The zero-order chi connectivity index (χ0) is 20.2. The summed E-state index contributed by atoms with van der Waals surface area (Å²) in [6.07, 6.45) is 2.93. The highest BCUT2D eigenvalue weighted by Crippen LogP contribution is 2.25. The predicted molar refractivity (Wildman–Crippen MR) is 102 cm³/mol. The fourth-order valence-corrected chi connectivity index (χ4v) is 5.04. The van der Waals surface area contributed by atoms with Crippen molar-refractivity contribution in [2.75, 3.05) is 6.54 Å². The van der Waals surface area contributed by atoms with Crippen molar-refractivity contribution >= 4 is 21.9 Å². The van der Waals surface area contributed by atoms with E-state index in [1.54, 1.807) is 0 Å². The molecule has 2 rings (SSSR count). The molecule has 0 bridgehead atoms. The van der Waals surface area contributed by atoms with Gasteiger partial charge in [-0.05, 0) is 50.3 Å². The lowest BCUT2D eigenvalue weighted by molar-refractivity contribution is -0.139. The van der Waals surface area contributed by atoms with Crippen LogP contribution in [0.2, 0.25) is 0 Å². The number of amides is 1. The zero-order valence-corrected chi connectivity index (χ0v) is 16.8. The lowest BCUT2D eigenvalue weighted by Crippen LogP contribution is -2.42. The Balaban J connectivity index is 2.23. The molecular formula is C19H28N2O5S. The molecule has 8 heteroatoms. The predicted octanol–water partition coefficient (Wildman–Crippen LogP) is 2.48. The van der Waals surface area contributed by atoms with E-state index in [-0.39, 0.29) is 22.4 Å². The molecule has 1 aromatic rings. The summed E-state index contributed by atoms with van der Waals surface area (Å²) in [6.45, 7) is 6.09. The van der Waals surface area contributed by atoms with Crippen LogP contribution in [0.25, 0.3) is 0 Å². The molecule has 1 heterocycles. The molecule has 2 atom stereocenters. The highest BCUT2D eigenvalue weighted by Gasteiger charge is 2.31. The Labute approximate surface area is 160 Å². The molecule has 2 unspecified atom stereocenters. The average Bonchev–Trinajstić information content (AvgIpc) is 2.61. The SMILES string of the molecule is CC(C)CC(NC(=O)c1cccc(S(=O)(=O)N2CCCCC2C)c1)C(=O)O. The van der Waals surface area contributed by atoms with Crippen molar-refractivity contribution in [3.05, 3.63) is 29.8 Å². The number of rotatable bonds is 7. The maximum atomic E-state index is 12.9. The second-order valence-electron chi connectivity index (χ2n) is 7.48. The van der Waals surface area contributed by atoms with Crippen LogP contribution < -0.4 is 5.32 Å². The Hall–Kier alpha value is -1.93. The molecule has 27 heavy (non-hydrogen) atoms. The van der Waals surface area contributed by atoms with E-state index < -0.39 is 27.9 Å². The van der Waals surface area contributed by atoms with E-state index in [0.717, 1.165) is 19.3 Å². The van der Waals surface area contributed by atoms with Crippen LogP contribution in [0.1, 0.15) is 56.8 Å². The number of hydrogen-bond acceptors (Lipinski definition) is 4. The van der Waals surface area contributed by atoms with Gasteiger partial charge in [0.2, 0.25) is 10.0 Å².